The fourth-order valence-corrected chi connectivity index (χ4v) is 2.13. The van der Waals surface area contributed by atoms with E-state index in [-0.39, 0.29) is 22.1 Å². The lowest BCUT2D eigenvalue weighted by molar-refractivity contribution is 0.102. The molecule has 104 valence electrons. The second-order valence-electron chi connectivity index (χ2n) is 4.27. The maximum atomic E-state index is 12.3. The van der Waals surface area contributed by atoms with Gasteiger partial charge in [0.2, 0.25) is 5.56 Å². The smallest absolute Gasteiger partial charge is 0.257 e. The molecule has 1 amide bonds. The van der Waals surface area contributed by atoms with E-state index in [0.29, 0.717) is 10.9 Å². The van der Waals surface area contributed by atoms with Crippen molar-refractivity contribution < 1.29 is 4.79 Å². The maximum Gasteiger partial charge on any atom is 0.257 e. The molecule has 6 nitrogen and oxygen atoms in total. The van der Waals surface area contributed by atoms with Gasteiger partial charge in [0.05, 0.1) is 5.56 Å². The van der Waals surface area contributed by atoms with Gasteiger partial charge in [-0.1, -0.05) is 29.8 Å². The zero-order valence-electron chi connectivity index (χ0n) is 10.6. The Balaban J connectivity index is 2.04. The van der Waals surface area contributed by atoms with E-state index in [2.05, 4.69) is 20.3 Å². The highest BCUT2D eigenvalue weighted by molar-refractivity contribution is 6.29. The summed E-state index contributed by atoms with van der Waals surface area (Å²) in [7, 11) is 0. The summed E-state index contributed by atoms with van der Waals surface area (Å²) in [5.41, 5.74) is 0.513. The molecule has 0 saturated carbocycles. The molecule has 0 aliphatic heterocycles. The highest BCUT2D eigenvalue weighted by atomic mass is 35.5. The van der Waals surface area contributed by atoms with Gasteiger partial charge < -0.3 is 10.3 Å². The lowest BCUT2D eigenvalue weighted by atomic mass is 10.1. The number of rotatable bonds is 2. The van der Waals surface area contributed by atoms with Gasteiger partial charge in [0.15, 0.2) is 0 Å². The van der Waals surface area contributed by atoms with Crippen molar-refractivity contribution in [3.8, 4) is 0 Å². The summed E-state index contributed by atoms with van der Waals surface area (Å²) in [6.07, 6.45) is 1.24. The van der Waals surface area contributed by atoms with Crippen LogP contribution in [0, 0.1) is 0 Å². The largest absolute Gasteiger partial charge is 0.322 e. The van der Waals surface area contributed by atoms with Gasteiger partial charge in [-0.2, -0.15) is 0 Å². The number of benzene rings is 1. The first-order chi connectivity index (χ1) is 10.1. The molecule has 0 fully saturated rings. The van der Waals surface area contributed by atoms with Crippen LogP contribution in [0.5, 0.6) is 0 Å². The van der Waals surface area contributed by atoms with Gasteiger partial charge in [0.1, 0.15) is 17.3 Å². The summed E-state index contributed by atoms with van der Waals surface area (Å²) >= 11 is 5.74. The predicted octanol–water partition coefficient (Wildman–Crippen LogP) is 2.22. The topological polar surface area (TPSA) is 87.7 Å². The molecule has 0 atom stereocenters. The summed E-state index contributed by atoms with van der Waals surface area (Å²) in [4.78, 5) is 34.3. The SMILES string of the molecule is O=C(Nc1cc(Cl)ncn1)c1cc(=O)[nH]c2ccccc12. The molecule has 0 saturated heterocycles. The Morgan fingerprint density at radius 1 is 1.19 bits per heavy atom. The number of aromatic amines is 1. The maximum absolute atomic E-state index is 12.3. The number of anilines is 1. The Labute approximate surface area is 123 Å². The van der Waals surface area contributed by atoms with Crippen molar-refractivity contribution in [1.29, 1.82) is 0 Å². The van der Waals surface area contributed by atoms with Crippen LogP contribution in [0.2, 0.25) is 5.15 Å². The molecule has 0 bridgehead atoms. The Hall–Kier alpha value is -2.73. The van der Waals surface area contributed by atoms with Gasteiger partial charge in [-0.3, -0.25) is 9.59 Å². The normalized spacial score (nSPS) is 10.5. The van der Waals surface area contributed by atoms with Crippen molar-refractivity contribution in [2.75, 3.05) is 5.32 Å². The van der Waals surface area contributed by atoms with E-state index in [9.17, 15) is 9.59 Å². The number of fused-ring (bicyclic) bond motifs is 1. The predicted molar refractivity (Wildman–Crippen MR) is 79.6 cm³/mol. The zero-order chi connectivity index (χ0) is 14.8. The molecule has 21 heavy (non-hydrogen) atoms. The third-order valence-electron chi connectivity index (χ3n) is 2.87. The molecule has 2 N–H and O–H groups in total. The van der Waals surface area contributed by atoms with Crippen LogP contribution in [-0.4, -0.2) is 20.9 Å². The number of hydrogen-bond acceptors (Lipinski definition) is 4. The molecular formula is C14H9ClN4O2. The summed E-state index contributed by atoms with van der Waals surface area (Å²) in [5, 5.41) is 3.46. The third kappa shape index (κ3) is 2.75. The monoisotopic (exact) mass is 300 g/mol. The second kappa shape index (κ2) is 5.34. The van der Waals surface area contributed by atoms with E-state index in [1.165, 1.54) is 18.5 Å². The number of nitrogens with one attached hydrogen (secondary N) is 2. The lowest BCUT2D eigenvalue weighted by Crippen LogP contribution is -2.17. The van der Waals surface area contributed by atoms with E-state index >= 15 is 0 Å². The summed E-state index contributed by atoms with van der Waals surface area (Å²) < 4.78 is 0. The number of hydrogen-bond donors (Lipinski definition) is 2. The first-order valence-electron chi connectivity index (χ1n) is 6.04. The Bertz CT molecular complexity index is 891. The molecule has 2 heterocycles. The molecule has 0 unspecified atom stereocenters. The van der Waals surface area contributed by atoms with Crippen LogP contribution >= 0.6 is 11.6 Å². The van der Waals surface area contributed by atoms with Crippen molar-refractivity contribution in [1.82, 2.24) is 15.0 Å². The minimum Gasteiger partial charge on any atom is -0.322 e. The lowest BCUT2D eigenvalue weighted by Gasteiger charge is -2.07. The highest BCUT2D eigenvalue weighted by Gasteiger charge is 2.12. The van der Waals surface area contributed by atoms with E-state index in [0.717, 1.165) is 0 Å². The van der Waals surface area contributed by atoms with E-state index in [1.54, 1.807) is 24.3 Å². The first-order valence-corrected chi connectivity index (χ1v) is 6.42. The number of amides is 1. The third-order valence-corrected chi connectivity index (χ3v) is 3.08. The Kier molecular flexibility index (Phi) is 3.37. The molecule has 2 aromatic heterocycles. The number of nitrogens with zero attached hydrogens (tertiary/aromatic N) is 2. The van der Waals surface area contributed by atoms with Crippen LogP contribution in [-0.2, 0) is 0 Å². The number of pyridine rings is 1. The minimum absolute atomic E-state index is 0.219. The molecule has 7 heteroatoms. The first kappa shape index (κ1) is 13.3. The molecule has 0 aliphatic rings. The second-order valence-corrected chi connectivity index (χ2v) is 4.66. The van der Waals surface area contributed by atoms with Gasteiger partial charge in [0, 0.05) is 23.0 Å². The Morgan fingerprint density at radius 3 is 2.81 bits per heavy atom. The number of halogens is 1. The van der Waals surface area contributed by atoms with Crippen LogP contribution in [0.25, 0.3) is 10.9 Å². The van der Waals surface area contributed by atoms with E-state index in [4.69, 9.17) is 11.6 Å². The van der Waals surface area contributed by atoms with Gasteiger partial charge in [-0.25, -0.2) is 9.97 Å². The minimum atomic E-state index is -0.438. The van der Waals surface area contributed by atoms with Crippen molar-refractivity contribution in [3.05, 3.63) is 63.8 Å². The van der Waals surface area contributed by atoms with Gasteiger partial charge in [0.25, 0.3) is 5.91 Å². The molecular weight excluding hydrogens is 292 g/mol. The molecule has 1 aromatic carbocycles. The van der Waals surface area contributed by atoms with Crippen LogP contribution in [0.15, 0.2) is 47.5 Å². The molecule has 0 aliphatic carbocycles. The van der Waals surface area contributed by atoms with Gasteiger partial charge >= 0.3 is 0 Å². The number of carbonyl (C=O) groups excluding carboxylic acids is 1. The quantitative estimate of drug-likeness (QED) is 0.710. The fourth-order valence-electron chi connectivity index (χ4n) is 1.98. The molecule has 3 aromatic rings. The van der Waals surface area contributed by atoms with Crippen LogP contribution < -0.4 is 10.9 Å². The average Bonchev–Trinajstić information content (AvgIpc) is 2.46. The Morgan fingerprint density at radius 2 is 2.00 bits per heavy atom. The number of carbonyl (C=O) groups is 1. The molecule has 0 radical (unpaired) electrons. The highest BCUT2D eigenvalue weighted by Crippen LogP contribution is 2.16. The summed E-state index contributed by atoms with van der Waals surface area (Å²) in [5.74, 6) is -0.170. The van der Waals surface area contributed by atoms with Crippen LogP contribution in [0.4, 0.5) is 5.82 Å². The molecule has 3 rings (SSSR count). The van der Waals surface area contributed by atoms with Gasteiger partial charge in [-0.15, -0.1) is 0 Å². The van der Waals surface area contributed by atoms with Crippen molar-refractivity contribution >= 4 is 34.2 Å². The van der Waals surface area contributed by atoms with E-state index in [1.807, 2.05) is 0 Å². The zero-order valence-corrected chi connectivity index (χ0v) is 11.4. The van der Waals surface area contributed by atoms with Crippen molar-refractivity contribution in [2.24, 2.45) is 0 Å². The van der Waals surface area contributed by atoms with Gasteiger partial charge in [-0.05, 0) is 6.07 Å². The number of aromatic nitrogens is 3. The summed E-state index contributed by atoms with van der Waals surface area (Å²) in [6, 6.07) is 9.74. The summed E-state index contributed by atoms with van der Waals surface area (Å²) in [6.45, 7) is 0. The van der Waals surface area contributed by atoms with Crippen molar-refractivity contribution in [3.63, 3.8) is 0 Å². The number of para-hydroxylation sites is 1. The average molecular weight is 301 g/mol. The fraction of sp³-hybridized carbons (Fsp3) is 0. The van der Waals surface area contributed by atoms with E-state index < -0.39 is 5.91 Å². The van der Waals surface area contributed by atoms with Crippen LogP contribution in [0.3, 0.4) is 0 Å². The number of H-pyrrole nitrogens is 1. The van der Waals surface area contributed by atoms with Crippen LogP contribution in [0.1, 0.15) is 10.4 Å². The van der Waals surface area contributed by atoms with Crippen molar-refractivity contribution in [2.45, 2.75) is 0 Å². The molecule has 0 spiro atoms. The standard InChI is InChI=1S/C14H9ClN4O2/c15-11-6-12(17-7-16-11)19-14(21)9-5-13(20)18-10-4-2-1-3-8(9)10/h1-7H,(H,18,20)(H,16,17,19,21).